The molecule has 2 rings (SSSR count). The summed E-state index contributed by atoms with van der Waals surface area (Å²) in [5.41, 5.74) is 6.16. The summed E-state index contributed by atoms with van der Waals surface area (Å²) in [6.45, 7) is 4.14. The fourth-order valence-corrected chi connectivity index (χ4v) is 4.42. The van der Waals surface area contributed by atoms with Crippen LogP contribution in [0.4, 0.5) is 0 Å². The van der Waals surface area contributed by atoms with E-state index in [0.717, 1.165) is 17.8 Å². The molecule has 0 aromatic heterocycles. The van der Waals surface area contributed by atoms with Gasteiger partial charge in [0.05, 0.1) is 5.54 Å². The zero-order valence-corrected chi connectivity index (χ0v) is 13.5. The van der Waals surface area contributed by atoms with Crippen LogP contribution in [0, 0.1) is 29.6 Å². The molecule has 0 bridgehead atoms. The van der Waals surface area contributed by atoms with Crippen LogP contribution in [-0.2, 0) is 0 Å². The second-order valence-electron chi connectivity index (χ2n) is 7.08. The van der Waals surface area contributed by atoms with Gasteiger partial charge in [-0.05, 0) is 90.0 Å². The SMILES string of the molecule is CC#CC1(NC)CCC(C2CCC([C@@H](C)N)CC2)CC1. The standard InChI is InChI=1S/C18H32N2/c1-4-11-18(20-3)12-9-17(10-13-18)16-7-5-15(6-8-16)14(2)19/h14-17,20H,5-10,12-13,19H2,1-3H3/t14-,15?,16?,17?,18?/m1/s1. The molecule has 0 saturated heterocycles. The van der Waals surface area contributed by atoms with Crippen LogP contribution in [0.2, 0.25) is 0 Å². The lowest BCUT2D eigenvalue weighted by molar-refractivity contribution is 0.135. The lowest BCUT2D eigenvalue weighted by atomic mass is 9.67. The summed E-state index contributed by atoms with van der Waals surface area (Å²) in [5.74, 6) is 9.19. The molecule has 20 heavy (non-hydrogen) atoms. The highest BCUT2D eigenvalue weighted by Gasteiger charge is 2.36. The first kappa shape index (κ1) is 15.9. The number of hydrogen-bond donors (Lipinski definition) is 2. The predicted octanol–water partition coefficient (Wildman–Crippen LogP) is 3.31. The molecule has 0 amide bonds. The van der Waals surface area contributed by atoms with Crippen LogP contribution >= 0.6 is 0 Å². The van der Waals surface area contributed by atoms with E-state index in [1.54, 1.807) is 0 Å². The molecule has 2 aliphatic carbocycles. The summed E-state index contributed by atoms with van der Waals surface area (Å²) < 4.78 is 0. The van der Waals surface area contributed by atoms with E-state index >= 15 is 0 Å². The highest BCUT2D eigenvalue weighted by atomic mass is 14.9. The topological polar surface area (TPSA) is 38.0 Å². The Morgan fingerprint density at radius 2 is 1.60 bits per heavy atom. The minimum Gasteiger partial charge on any atom is -0.328 e. The Hall–Kier alpha value is -0.520. The molecule has 114 valence electrons. The van der Waals surface area contributed by atoms with Gasteiger partial charge in [-0.1, -0.05) is 5.92 Å². The fraction of sp³-hybridized carbons (Fsp3) is 0.889. The predicted molar refractivity (Wildman–Crippen MR) is 86.3 cm³/mol. The van der Waals surface area contributed by atoms with Crippen LogP contribution < -0.4 is 11.1 Å². The van der Waals surface area contributed by atoms with Crippen LogP contribution in [0.25, 0.3) is 0 Å². The van der Waals surface area contributed by atoms with Crippen LogP contribution in [-0.4, -0.2) is 18.6 Å². The molecule has 3 N–H and O–H groups in total. The molecule has 0 aromatic rings. The lowest BCUT2D eigenvalue weighted by Crippen LogP contribution is -2.45. The van der Waals surface area contributed by atoms with Crippen LogP contribution in [0.5, 0.6) is 0 Å². The summed E-state index contributed by atoms with van der Waals surface area (Å²) in [6, 6.07) is 0.388. The molecule has 0 aromatic carbocycles. The maximum Gasteiger partial charge on any atom is 0.0798 e. The van der Waals surface area contributed by atoms with Gasteiger partial charge in [0.15, 0.2) is 0 Å². The maximum atomic E-state index is 6.05. The van der Waals surface area contributed by atoms with Crippen molar-refractivity contribution in [2.45, 2.75) is 76.8 Å². The number of nitrogens with one attached hydrogen (secondary N) is 1. The van der Waals surface area contributed by atoms with Gasteiger partial charge in [-0.15, -0.1) is 5.92 Å². The minimum absolute atomic E-state index is 0.105. The number of nitrogens with two attached hydrogens (primary N) is 1. The van der Waals surface area contributed by atoms with Crippen molar-refractivity contribution in [2.24, 2.45) is 23.5 Å². The number of hydrogen-bond acceptors (Lipinski definition) is 2. The zero-order chi connectivity index (χ0) is 14.6. The van der Waals surface area contributed by atoms with E-state index in [0.29, 0.717) is 6.04 Å². The average molecular weight is 276 g/mol. The molecule has 2 aliphatic rings. The lowest BCUT2D eigenvalue weighted by Gasteiger charge is -2.42. The summed E-state index contributed by atoms with van der Waals surface area (Å²) in [5, 5.41) is 3.47. The van der Waals surface area contributed by atoms with Gasteiger partial charge in [-0.3, -0.25) is 0 Å². The van der Waals surface area contributed by atoms with Crippen molar-refractivity contribution in [2.75, 3.05) is 7.05 Å². The van der Waals surface area contributed by atoms with Crippen LogP contribution in [0.3, 0.4) is 0 Å². The van der Waals surface area contributed by atoms with Crippen molar-refractivity contribution in [3.05, 3.63) is 0 Å². The Balaban J connectivity index is 1.84. The van der Waals surface area contributed by atoms with Gasteiger partial charge in [0, 0.05) is 6.04 Å². The summed E-state index contributed by atoms with van der Waals surface area (Å²) >= 11 is 0. The third kappa shape index (κ3) is 3.57. The highest BCUT2D eigenvalue weighted by molar-refractivity contribution is 5.18. The third-order valence-electron chi connectivity index (χ3n) is 5.95. The Morgan fingerprint density at radius 3 is 2.05 bits per heavy atom. The molecule has 2 saturated carbocycles. The molecule has 0 radical (unpaired) electrons. The van der Waals surface area contributed by atoms with Gasteiger partial charge >= 0.3 is 0 Å². The Kier molecular flexibility index (Phi) is 5.52. The van der Waals surface area contributed by atoms with Crippen molar-refractivity contribution in [1.82, 2.24) is 5.32 Å². The van der Waals surface area contributed by atoms with Gasteiger partial charge < -0.3 is 11.1 Å². The van der Waals surface area contributed by atoms with Gasteiger partial charge in [0.1, 0.15) is 0 Å². The molecule has 0 aliphatic heterocycles. The van der Waals surface area contributed by atoms with Crippen molar-refractivity contribution >= 4 is 0 Å². The van der Waals surface area contributed by atoms with E-state index in [-0.39, 0.29) is 5.54 Å². The smallest absolute Gasteiger partial charge is 0.0798 e. The first-order valence-corrected chi connectivity index (χ1v) is 8.48. The van der Waals surface area contributed by atoms with Crippen molar-refractivity contribution < 1.29 is 0 Å². The van der Waals surface area contributed by atoms with E-state index in [2.05, 4.69) is 31.1 Å². The van der Waals surface area contributed by atoms with Gasteiger partial charge in [0.2, 0.25) is 0 Å². The third-order valence-corrected chi connectivity index (χ3v) is 5.95. The molecule has 2 fully saturated rings. The molecular weight excluding hydrogens is 244 g/mol. The second-order valence-corrected chi connectivity index (χ2v) is 7.08. The van der Waals surface area contributed by atoms with E-state index in [4.69, 9.17) is 5.73 Å². The Bertz CT molecular complexity index is 347. The van der Waals surface area contributed by atoms with E-state index in [1.165, 1.54) is 51.4 Å². The molecule has 2 nitrogen and oxygen atoms in total. The highest BCUT2D eigenvalue weighted by Crippen LogP contribution is 2.42. The molecule has 1 atom stereocenters. The maximum absolute atomic E-state index is 6.05. The fourth-order valence-electron chi connectivity index (χ4n) is 4.42. The van der Waals surface area contributed by atoms with Crippen molar-refractivity contribution in [1.29, 1.82) is 0 Å². The van der Waals surface area contributed by atoms with Gasteiger partial charge in [-0.25, -0.2) is 0 Å². The number of rotatable bonds is 3. The van der Waals surface area contributed by atoms with Gasteiger partial charge in [0.25, 0.3) is 0 Å². The normalized spacial score (nSPS) is 39.7. The van der Waals surface area contributed by atoms with Crippen LogP contribution in [0.1, 0.15) is 65.2 Å². The van der Waals surface area contributed by atoms with Crippen LogP contribution in [0.15, 0.2) is 0 Å². The van der Waals surface area contributed by atoms with E-state index in [1.807, 2.05) is 6.92 Å². The quantitative estimate of drug-likeness (QED) is 0.776. The Morgan fingerprint density at radius 1 is 1.05 bits per heavy atom. The van der Waals surface area contributed by atoms with E-state index < -0.39 is 0 Å². The average Bonchev–Trinajstić information content (AvgIpc) is 2.48. The first-order chi connectivity index (χ1) is 9.60. The monoisotopic (exact) mass is 276 g/mol. The van der Waals surface area contributed by atoms with Crippen molar-refractivity contribution in [3.8, 4) is 11.8 Å². The first-order valence-electron chi connectivity index (χ1n) is 8.48. The summed E-state index contributed by atoms with van der Waals surface area (Å²) in [7, 11) is 2.07. The molecule has 0 unspecified atom stereocenters. The molecule has 0 heterocycles. The van der Waals surface area contributed by atoms with Crippen molar-refractivity contribution in [3.63, 3.8) is 0 Å². The molecule has 2 heteroatoms. The van der Waals surface area contributed by atoms with E-state index in [9.17, 15) is 0 Å². The minimum atomic E-state index is 0.105. The summed E-state index contributed by atoms with van der Waals surface area (Å²) in [6.07, 6.45) is 10.7. The Labute approximate surface area is 125 Å². The summed E-state index contributed by atoms with van der Waals surface area (Å²) in [4.78, 5) is 0. The molecule has 0 spiro atoms. The zero-order valence-electron chi connectivity index (χ0n) is 13.5. The van der Waals surface area contributed by atoms with Gasteiger partial charge in [-0.2, -0.15) is 0 Å². The molecular formula is C18H32N2. The second kappa shape index (κ2) is 6.96. The largest absolute Gasteiger partial charge is 0.328 e.